The predicted molar refractivity (Wildman–Crippen MR) is 109 cm³/mol. The number of hydrogen-bond donors (Lipinski definition) is 0. The minimum absolute atomic E-state index is 0.00766. The summed E-state index contributed by atoms with van der Waals surface area (Å²) in [6.45, 7) is 3.52. The van der Waals surface area contributed by atoms with E-state index in [1.54, 1.807) is 62.4 Å². The van der Waals surface area contributed by atoms with Gasteiger partial charge in [0.05, 0.1) is 11.1 Å². The zero-order valence-corrected chi connectivity index (χ0v) is 16.4. The van der Waals surface area contributed by atoms with Crippen molar-refractivity contribution in [3.63, 3.8) is 0 Å². The van der Waals surface area contributed by atoms with Gasteiger partial charge in [-0.05, 0) is 55.3 Å². The summed E-state index contributed by atoms with van der Waals surface area (Å²) < 4.78 is 10.9. The predicted octanol–water partition coefficient (Wildman–Crippen LogP) is 4.12. The van der Waals surface area contributed by atoms with Crippen molar-refractivity contribution >= 4 is 24.0 Å². The first-order valence-electron chi connectivity index (χ1n) is 9.10. The maximum atomic E-state index is 12.6. The van der Waals surface area contributed by atoms with Crippen LogP contribution in [0.2, 0.25) is 0 Å². The second-order valence-electron chi connectivity index (χ2n) is 6.55. The number of hydrogen-bond acceptors (Lipinski definition) is 6. The summed E-state index contributed by atoms with van der Waals surface area (Å²) in [5.74, 6) is -2.31. The summed E-state index contributed by atoms with van der Waals surface area (Å²) >= 11 is 0. The van der Waals surface area contributed by atoms with Crippen LogP contribution in [0, 0.1) is 13.8 Å². The number of esters is 2. The largest absolute Gasteiger partial charge is 0.419 e. The third kappa shape index (κ3) is 4.50. The summed E-state index contributed by atoms with van der Waals surface area (Å²) in [7, 11) is 0. The second kappa shape index (κ2) is 8.96. The fourth-order valence-corrected chi connectivity index (χ4v) is 2.81. The molecule has 0 aliphatic heterocycles. The number of benzene rings is 3. The van der Waals surface area contributed by atoms with Gasteiger partial charge in [0.25, 0.3) is 0 Å². The topological polar surface area (TPSA) is 86.7 Å². The zero-order valence-electron chi connectivity index (χ0n) is 16.4. The van der Waals surface area contributed by atoms with Gasteiger partial charge in [-0.15, -0.1) is 0 Å². The molecule has 0 fully saturated rings. The lowest BCUT2D eigenvalue weighted by Gasteiger charge is -2.13. The quantitative estimate of drug-likeness (QED) is 0.203. The van der Waals surface area contributed by atoms with E-state index < -0.39 is 17.7 Å². The highest BCUT2D eigenvalue weighted by molar-refractivity contribution is 6.33. The molecule has 0 unspecified atom stereocenters. The molecule has 0 spiro atoms. The van der Waals surface area contributed by atoms with Crippen LogP contribution in [0.15, 0.2) is 66.7 Å². The van der Waals surface area contributed by atoms with Crippen LogP contribution in [0.5, 0.6) is 11.5 Å². The number of Topliss-reactive ketones (excluding diaryl/α,β-unsaturated/α-hetero) is 1. The van der Waals surface area contributed by atoms with Gasteiger partial charge in [0.1, 0.15) is 0 Å². The molecule has 3 aromatic carbocycles. The molecule has 0 aliphatic rings. The number of ether oxygens (including phenoxy) is 2. The summed E-state index contributed by atoms with van der Waals surface area (Å²) in [4.78, 5) is 47.8. The molecular formula is C24H18O6. The molecule has 0 heterocycles. The van der Waals surface area contributed by atoms with Crippen LogP contribution in [0.3, 0.4) is 0 Å². The molecule has 0 aliphatic carbocycles. The van der Waals surface area contributed by atoms with Crippen LogP contribution < -0.4 is 9.47 Å². The molecule has 0 amide bonds. The van der Waals surface area contributed by atoms with Crippen molar-refractivity contribution in [2.45, 2.75) is 13.8 Å². The number of rotatable bonds is 6. The molecule has 0 saturated heterocycles. The Balaban J connectivity index is 1.96. The summed E-state index contributed by atoms with van der Waals surface area (Å²) in [6.07, 6.45) is 0.154. The molecule has 3 rings (SSSR count). The molecule has 0 bridgehead atoms. The van der Waals surface area contributed by atoms with Crippen LogP contribution in [-0.2, 0) is 4.79 Å². The minimum Gasteiger partial charge on any atom is -0.419 e. The highest BCUT2D eigenvalue weighted by Gasteiger charge is 2.20. The van der Waals surface area contributed by atoms with E-state index in [0.29, 0.717) is 22.3 Å². The highest BCUT2D eigenvalue weighted by Crippen LogP contribution is 2.30. The van der Waals surface area contributed by atoms with Gasteiger partial charge >= 0.3 is 11.9 Å². The van der Waals surface area contributed by atoms with Crippen molar-refractivity contribution in [2.75, 3.05) is 0 Å². The Morgan fingerprint density at radius 2 is 1.20 bits per heavy atom. The van der Waals surface area contributed by atoms with Crippen LogP contribution in [0.4, 0.5) is 0 Å². The maximum absolute atomic E-state index is 12.6. The van der Waals surface area contributed by atoms with Crippen molar-refractivity contribution < 1.29 is 28.7 Å². The van der Waals surface area contributed by atoms with Gasteiger partial charge in [-0.2, -0.15) is 0 Å². The SMILES string of the molecule is Cc1ccccc1C(=O)Oc1ccc(C(=O)C=O)cc1OC(=O)c1ccccc1C. The molecule has 0 radical (unpaired) electrons. The van der Waals surface area contributed by atoms with E-state index in [-0.39, 0.29) is 23.3 Å². The van der Waals surface area contributed by atoms with Gasteiger partial charge in [-0.1, -0.05) is 36.4 Å². The van der Waals surface area contributed by atoms with E-state index in [1.165, 1.54) is 18.2 Å². The zero-order chi connectivity index (χ0) is 21.7. The van der Waals surface area contributed by atoms with Gasteiger partial charge < -0.3 is 9.47 Å². The standard InChI is InChI=1S/C24H18O6/c1-15-7-3-5-9-18(15)23(27)29-21-12-11-17(20(26)14-25)13-22(21)30-24(28)19-10-6-4-8-16(19)2/h3-14H,1-2H3. The lowest BCUT2D eigenvalue weighted by molar-refractivity contribution is -0.104. The lowest BCUT2D eigenvalue weighted by Crippen LogP contribution is -2.14. The minimum atomic E-state index is -0.792. The fraction of sp³-hybridized carbons (Fsp3) is 0.0833. The van der Waals surface area contributed by atoms with Crippen LogP contribution in [0.1, 0.15) is 42.2 Å². The number of carbonyl (C=O) groups excluding carboxylic acids is 4. The highest BCUT2D eigenvalue weighted by atomic mass is 16.6. The molecule has 0 N–H and O–H groups in total. The normalized spacial score (nSPS) is 10.2. The molecule has 30 heavy (non-hydrogen) atoms. The van der Waals surface area contributed by atoms with Crippen molar-refractivity contribution in [3.8, 4) is 11.5 Å². The Labute approximate surface area is 173 Å². The molecule has 0 aromatic heterocycles. The Morgan fingerprint density at radius 1 is 0.700 bits per heavy atom. The average Bonchev–Trinajstić information content (AvgIpc) is 2.74. The number of ketones is 1. The average molecular weight is 402 g/mol. The summed E-state index contributed by atoms with van der Waals surface area (Å²) in [6, 6.07) is 17.5. The van der Waals surface area contributed by atoms with E-state index in [2.05, 4.69) is 0 Å². The van der Waals surface area contributed by atoms with Crippen molar-refractivity contribution in [1.82, 2.24) is 0 Å². The van der Waals surface area contributed by atoms with Crippen molar-refractivity contribution in [3.05, 3.63) is 94.5 Å². The second-order valence-corrected chi connectivity index (χ2v) is 6.55. The first-order chi connectivity index (χ1) is 14.4. The fourth-order valence-electron chi connectivity index (χ4n) is 2.81. The van der Waals surface area contributed by atoms with E-state index in [0.717, 1.165) is 0 Å². The van der Waals surface area contributed by atoms with E-state index in [1.807, 2.05) is 0 Å². The first kappa shape index (κ1) is 20.7. The Kier molecular flexibility index (Phi) is 6.17. The molecule has 0 atom stereocenters. The van der Waals surface area contributed by atoms with Gasteiger partial charge in [-0.3, -0.25) is 9.59 Å². The van der Waals surface area contributed by atoms with Crippen LogP contribution in [-0.4, -0.2) is 24.0 Å². The number of aryl methyl sites for hydroxylation is 2. The van der Waals surface area contributed by atoms with Crippen LogP contribution >= 0.6 is 0 Å². The summed E-state index contributed by atoms with van der Waals surface area (Å²) in [5.41, 5.74) is 2.09. The summed E-state index contributed by atoms with van der Waals surface area (Å²) in [5, 5.41) is 0. The maximum Gasteiger partial charge on any atom is 0.343 e. The lowest BCUT2D eigenvalue weighted by atomic mass is 10.1. The van der Waals surface area contributed by atoms with E-state index in [4.69, 9.17) is 9.47 Å². The van der Waals surface area contributed by atoms with Crippen molar-refractivity contribution in [1.29, 1.82) is 0 Å². The molecule has 150 valence electrons. The Hall–Kier alpha value is -4.06. The van der Waals surface area contributed by atoms with Gasteiger partial charge in [0.15, 0.2) is 17.8 Å². The molecular weight excluding hydrogens is 384 g/mol. The van der Waals surface area contributed by atoms with Gasteiger partial charge in [0.2, 0.25) is 5.78 Å². The third-order valence-electron chi connectivity index (χ3n) is 4.47. The van der Waals surface area contributed by atoms with Gasteiger partial charge in [0, 0.05) is 5.56 Å². The van der Waals surface area contributed by atoms with Gasteiger partial charge in [-0.25, -0.2) is 9.59 Å². The van der Waals surface area contributed by atoms with Crippen molar-refractivity contribution in [2.24, 2.45) is 0 Å². The Bertz CT molecular complexity index is 1150. The monoisotopic (exact) mass is 402 g/mol. The molecule has 6 nitrogen and oxygen atoms in total. The van der Waals surface area contributed by atoms with E-state index >= 15 is 0 Å². The smallest absolute Gasteiger partial charge is 0.343 e. The third-order valence-corrected chi connectivity index (χ3v) is 4.47. The van der Waals surface area contributed by atoms with E-state index in [9.17, 15) is 19.2 Å². The number of carbonyl (C=O) groups is 4. The molecule has 3 aromatic rings. The first-order valence-corrected chi connectivity index (χ1v) is 9.10. The van der Waals surface area contributed by atoms with Crippen LogP contribution in [0.25, 0.3) is 0 Å². The molecule has 6 heteroatoms. The Morgan fingerprint density at radius 3 is 1.70 bits per heavy atom. The number of aldehydes is 1. The molecule has 0 saturated carbocycles.